The second kappa shape index (κ2) is 7.27. The summed E-state index contributed by atoms with van der Waals surface area (Å²) < 4.78 is 7.55. The van der Waals surface area contributed by atoms with Crippen LogP contribution in [-0.4, -0.2) is 23.2 Å². The normalized spacial score (nSPS) is 12.4. The molecule has 0 amide bonds. The van der Waals surface area contributed by atoms with E-state index < -0.39 is 0 Å². The van der Waals surface area contributed by atoms with E-state index in [1.165, 1.54) is 11.3 Å². The second-order valence-corrected chi connectivity index (χ2v) is 5.35. The fourth-order valence-electron chi connectivity index (χ4n) is 2.39. The summed E-state index contributed by atoms with van der Waals surface area (Å²) >= 11 is 0. The van der Waals surface area contributed by atoms with Gasteiger partial charge < -0.3 is 14.6 Å². The van der Waals surface area contributed by atoms with Gasteiger partial charge in [0.05, 0.1) is 25.2 Å². The molecule has 0 bridgehead atoms. The molecule has 1 aromatic carbocycles. The molecular weight excluding hydrogens is 262 g/mol. The first kappa shape index (κ1) is 15.6. The largest absolute Gasteiger partial charge is 0.497 e. The lowest BCUT2D eigenvalue weighted by atomic mass is 10.1. The standard InChI is InChI=1S/C17H25N3O/c1-5-9-18-17(11-20-12-19-13(2)14(20)3)15-7-6-8-16(10-15)21-4/h6-8,10,12,17-18H,5,9,11H2,1-4H3. The predicted octanol–water partition coefficient (Wildman–Crippen LogP) is 3.25. The van der Waals surface area contributed by atoms with Crippen LogP contribution in [-0.2, 0) is 6.54 Å². The van der Waals surface area contributed by atoms with Crippen LogP contribution in [0.1, 0.15) is 36.3 Å². The van der Waals surface area contributed by atoms with Gasteiger partial charge >= 0.3 is 0 Å². The van der Waals surface area contributed by atoms with Crippen molar-refractivity contribution in [2.45, 2.75) is 39.8 Å². The summed E-state index contributed by atoms with van der Waals surface area (Å²) in [5.74, 6) is 0.898. The van der Waals surface area contributed by atoms with Gasteiger partial charge in [-0.1, -0.05) is 19.1 Å². The number of rotatable bonds is 7. The molecule has 4 heteroatoms. The van der Waals surface area contributed by atoms with Gasteiger partial charge in [-0.15, -0.1) is 0 Å². The number of aryl methyl sites for hydroxylation is 1. The molecule has 1 aromatic heterocycles. The smallest absolute Gasteiger partial charge is 0.119 e. The highest BCUT2D eigenvalue weighted by molar-refractivity contribution is 5.30. The zero-order valence-corrected chi connectivity index (χ0v) is 13.4. The van der Waals surface area contributed by atoms with Gasteiger partial charge in [-0.25, -0.2) is 4.98 Å². The summed E-state index contributed by atoms with van der Waals surface area (Å²) in [7, 11) is 1.71. The minimum atomic E-state index is 0.257. The first-order valence-corrected chi connectivity index (χ1v) is 7.51. The molecule has 1 unspecified atom stereocenters. The molecule has 0 aliphatic rings. The maximum absolute atomic E-state index is 5.34. The first-order chi connectivity index (χ1) is 10.2. The number of ether oxygens (including phenoxy) is 1. The third-order valence-electron chi connectivity index (χ3n) is 3.86. The SMILES string of the molecule is CCCNC(Cn1cnc(C)c1C)c1cccc(OC)c1. The maximum atomic E-state index is 5.34. The molecule has 0 saturated carbocycles. The van der Waals surface area contributed by atoms with E-state index in [0.717, 1.165) is 31.0 Å². The molecule has 0 aliphatic heterocycles. The molecule has 0 fully saturated rings. The van der Waals surface area contributed by atoms with Crippen molar-refractivity contribution in [2.24, 2.45) is 0 Å². The Hall–Kier alpha value is -1.81. The number of hydrogen-bond acceptors (Lipinski definition) is 3. The van der Waals surface area contributed by atoms with Crippen molar-refractivity contribution in [1.82, 2.24) is 14.9 Å². The highest BCUT2D eigenvalue weighted by atomic mass is 16.5. The van der Waals surface area contributed by atoms with Crippen LogP contribution in [0.4, 0.5) is 0 Å². The van der Waals surface area contributed by atoms with Crippen LogP contribution in [0.3, 0.4) is 0 Å². The van der Waals surface area contributed by atoms with E-state index in [2.05, 4.69) is 40.8 Å². The Morgan fingerprint density at radius 2 is 2.14 bits per heavy atom. The van der Waals surface area contributed by atoms with Gasteiger partial charge in [-0.2, -0.15) is 0 Å². The lowest BCUT2D eigenvalue weighted by Crippen LogP contribution is -2.26. The minimum Gasteiger partial charge on any atom is -0.497 e. The van der Waals surface area contributed by atoms with Crippen molar-refractivity contribution < 1.29 is 4.74 Å². The van der Waals surface area contributed by atoms with E-state index in [0.29, 0.717) is 0 Å². The van der Waals surface area contributed by atoms with Gasteiger partial charge in [-0.05, 0) is 44.5 Å². The predicted molar refractivity (Wildman–Crippen MR) is 85.7 cm³/mol. The number of imidazole rings is 1. The van der Waals surface area contributed by atoms with E-state index in [-0.39, 0.29) is 6.04 Å². The number of aromatic nitrogens is 2. The molecule has 0 spiro atoms. The fraction of sp³-hybridized carbons (Fsp3) is 0.471. The van der Waals surface area contributed by atoms with Crippen molar-refractivity contribution in [1.29, 1.82) is 0 Å². The van der Waals surface area contributed by atoms with Crippen LogP contribution in [0, 0.1) is 13.8 Å². The Bertz CT molecular complexity index is 577. The molecule has 0 saturated heterocycles. The van der Waals surface area contributed by atoms with Crippen molar-refractivity contribution >= 4 is 0 Å². The van der Waals surface area contributed by atoms with Gasteiger partial charge in [0.2, 0.25) is 0 Å². The molecule has 114 valence electrons. The monoisotopic (exact) mass is 287 g/mol. The molecule has 1 N–H and O–H groups in total. The molecule has 4 nitrogen and oxygen atoms in total. The molecule has 1 heterocycles. The van der Waals surface area contributed by atoms with Crippen LogP contribution in [0.25, 0.3) is 0 Å². The van der Waals surface area contributed by atoms with Crippen LogP contribution in [0.2, 0.25) is 0 Å². The average Bonchev–Trinajstić information content (AvgIpc) is 2.83. The van der Waals surface area contributed by atoms with E-state index in [9.17, 15) is 0 Å². The molecule has 2 rings (SSSR count). The third kappa shape index (κ3) is 3.85. The van der Waals surface area contributed by atoms with Crippen molar-refractivity contribution in [2.75, 3.05) is 13.7 Å². The third-order valence-corrected chi connectivity index (χ3v) is 3.86. The van der Waals surface area contributed by atoms with Crippen molar-refractivity contribution in [3.63, 3.8) is 0 Å². The minimum absolute atomic E-state index is 0.257. The summed E-state index contributed by atoms with van der Waals surface area (Å²) in [6.45, 7) is 8.22. The molecule has 0 radical (unpaired) electrons. The average molecular weight is 287 g/mol. The van der Waals surface area contributed by atoms with Crippen molar-refractivity contribution in [3.05, 3.63) is 47.5 Å². The lowest BCUT2D eigenvalue weighted by molar-refractivity contribution is 0.410. The summed E-state index contributed by atoms with van der Waals surface area (Å²) in [5.41, 5.74) is 3.56. The zero-order chi connectivity index (χ0) is 15.2. The summed E-state index contributed by atoms with van der Waals surface area (Å²) in [4.78, 5) is 4.39. The van der Waals surface area contributed by atoms with Gasteiger partial charge in [-0.3, -0.25) is 0 Å². The lowest BCUT2D eigenvalue weighted by Gasteiger charge is -2.21. The molecule has 1 atom stereocenters. The molecule has 0 aliphatic carbocycles. The highest BCUT2D eigenvalue weighted by Crippen LogP contribution is 2.21. The summed E-state index contributed by atoms with van der Waals surface area (Å²) in [5, 5.41) is 3.62. The topological polar surface area (TPSA) is 39.1 Å². The first-order valence-electron chi connectivity index (χ1n) is 7.51. The number of benzene rings is 1. The Kier molecular flexibility index (Phi) is 5.39. The second-order valence-electron chi connectivity index (χ2n) is 5.35. The van der Waals surface area contributed by atoms with E-state index in [1.807, 2.05) is 25.4 Å². The molecule has 21 heavy (non-hydrogen) atoms. The number of hydrogen-bond donors (Lipinski definition) is 1. The van der Waals surface area contributed by atoms with E-state index in [4.69, 9.17) is 4.74 Å². The quantitative estimate of drug-likeness (QED) is 0.849. The van der Waals surface area contributed by atoms with Crippen LogP contribution >= 0.6 is 0 Å². The number of nitrogens with zero attached hydrogens (tertiary/aromatic N) is 2. The molecular formula is C17H25N3O. The van der Waals surface area contributed by atoms with Crippen LogP contribution in [0.5, 0.6) is 5.75 Å². The van der Waals surface area contributed by atoms with E-state index in [1.54, 1.807) is 7.11 Å². The van der Waals surface area contributed by atoms with Gasteiger partial charge in [0.1, 0.15) is 5.75 Å². The number of methoxy groups -OCH3 is 1. The van der Waals surface area contributed by atoms with Gasteiger partial charge in [0.25, 0.3) is 0 Å². The Labute approximate surface area is 127 Å². The van der Waals surface area contributed by atoms with Crippen molar-refractivity contribution in [3.8, 4) is 5.75 Å². The zero-order valence-electron chi connectivity index (χ0n) is 13.4. The summed E-state index contributed by atoms with van der Waals surface area (Å²) in [6.07, 6.45) is 3.04. The number of nitrogens with one attached hydrogen (secondary N) is 1. The highest BCUT2D eigenvalue weighted by Gasteiger charge is 2.14. The van der Waals surface area contributed by atoms with E-state index >= 15 is 0 Å². The van der Waals surface area contributed by atoms with Crippen LogP contribution in [0.15, 0.2) is 30.6 Å². The Balaban J connectivity index is 2.22. The van der Waals surface area contributed by atoms with Crippen LogP contribution < -0.4 is 10.1 Å². The maximum Gasteiger partial charge on any atom is 0.119 e. The van der Waals surface area contributed by atoms with Gasteiger partial charge in [0.15, 0.2) is 0 Å². The Morgan fingerprint density at radius 1 is 1.33 bits per heavy atom. The summed E-state index contributed by atoms with van der Waals surface area (Å²) in [6, 6.07) is 8.53. The Morgan fingerprint density at radius 3 is 2.76 bits per heavy atom. The fourth-order valence-corrected chi connectivity index (χ4v) is 2.39. The van der Waals surface area contributed by atoms with Gasteiger partial charge in [0, 0.05) is 12.2 Å². The molecule has 2 aromatic rings.